The third kappa shape index (κ3) is 1.73. The zero-order valence-corrected chi connectivity index (χ0v) is 11.4. The number of benzene rings is 1. The van der Waals surface area contributed by atoms with Crippen LogP contribution in [0.1, 0.15) is 18.4 Å². The van der Waals surface area contributed by atoms with Crippen LogP contribution in [0.5, 0.6) is 0 Å². The number of hydrogen-bond acceptors (Lipinski definition) is 2. The summed E-state index contributed by atoms with van der Waals surface area (Å²) in [7, 11) is 0. The molecule has 15 heavy (non-hydrogen) atoms. The second-order valence-electron chi connectivity index (χ2n) is 4.19. The minimum absolute atomic E-state index is 0.551. The number of hydrogen-bond donors (Lipinski definition) is 1. The van der Waals surface area contributed by atoms with Gasteiger partial charge in [-0.15, -0.1) is 0 Å². The molecule has 4 heteroatoms. The highest BCUT2D eigenvalue weighted by molar-refractivity contribution is 9.11. The average molecular weight is 332 g/mol. The molecule has 0 bridgehead atoms. The van der Waals surface area contributed by atoms with Crippen LogP contribution in [0.25, 0.3) is 0 Å². The molecule has 80 valence electrons. The van der Waals surface area contributed by atoms with Gasteiger partial charge in [-0.1, -0.05) is 15.9 Å². The van der Waals surface area contributed by atoms with Crippen LogP contribution in [0, 0.1) is 0 Å². The fourth-order valence-electron chi connectivity index (χ4n) is 2.48. The smallest absolute Gasteiger partial charge is 0.0797 e. The number of rotatable bonds is 0. The van der Waals surface area contributed by atoms with Crippen molar-refractivity contribution in [3.8, 4) is 0 Å². The van der Waals surface area contributed by atoms with E-state index in [0.717, 1.165) is 11.0 Å². The largest absolute Gasteiger partial charge is 0.368 e. The van der Waals surface area contributed by atoms with Gasteiger partial charge in [0, 0.05) is 22.0 Å². The van der Waals surface area contributed by atoms with Gasteiger partial charge in [0.1, 0.15) is 0 Å². The molecule has 0 amide bonds. The zero-order valence-electron chi connectivity index (χ0n) is 8.26. The van der Waals surface area contributed by atoms with Crippen LogP contribution in [0.3, 0.4) is 0 Å². The lowest BCUT2D eigenvalue weighted by Crippen LogP contribution is -2.39. The molecule has 2 heterocycles. The molecule has 0 aliphatic carbocycles. The van der Waals surface area contributed by atoms with Crippen LogP contribution in [0.2, 0.25) is 0 Å². The Kier molecular flexibility index (Phi) is 2.53. The van der Waals surface area contributed by atoms with Gasteiger partial charge in [0.05, 0.1) is 11.9 Å². The summed E-state index contributed by atoms with van der Waals surface area (Å²) in [5, 5.41) is 3.61. The fourth-order valence-corrected chi connectivity index (χ4v) is 3.91. The predicted molar refractivity (Wildman–Crippen MR) is 68.9 cm³/mol. The molecule has 0 spiro atoms. The van der Waals surface area contributed by atoms with Crippen LogP contribution < -0.4 is 5.32 Å². The maximum absolute atomic E-state index is 3.62. The number of nitrogens with one attached hydrogen (secondary N) is 1. The van der Waals surface area contributed by atoms with Gasteiger partial charge in [-0.3, -0.25) is 4.90 Å². The van der Waals surface area contributed by atoms with E-state index in [4.69, 9.17) is 0 Å². The van der Waals surface area contributed by atoms with Crippen molar-refractivity contribution in [2.45, 2.75) is 25.6 Å². The van der Waals surface area contributed by atoms with E-state index >= 15 is 0 Å². The lowest BCUT2D eigenvalue weighted by Gasteiger charge is -2.33. The van der Waals surface area contributed by atoms with Crippen LogP contribution in [-0.2, 0) is 6.54 Å². The number of fused-ring (bicyclic) bond motifs is 2. The standard InChI is InChI=1S/C11H12Br2N2/c12-8-4-7-6-15-3-1-2-10(15)14-11(7)9(13)5-8/h4-5,10,14H,1-3,6H2. The summed E-state index contributed by atoms with van der Waals surface area (Å²) in [5.74, 6) is 0. The normalized spacial score (nSPS) is 24.5. The summed E-state index contributed by atoms with van der Waals surface area (Å²) in [6, 6.07) is 4.32. The highest BCUT2D eigenvalue weighted by Gasteiger charge is 2.30. The van der Waals surface area contributed by atoms with E-state index in [1.54, 1.807) is 0 Å². The van der Waals surface area contributed by atoms with Gasteiger partial charge >= 0.3 is 0 Å². The summed E-state index contributed by atoms with van der Waals surface area (Å²) >= 11 is 7.16. The maximum Gasteiger partial charge on any atom is 0.0797 e. The van der Waals surface area contributed by atoms with Crippen molar-refractivity contribution in [3.05, 3.63) is 26.6 Å². The van der Waals surface area contributed by atoms with E-state index in [2.05, 4.69) is 54.2 Å². The van der Waals surface area contributed by atoms with Gasteiger partial charge in [0.2, 0.25) is 0 Å². The summed E-state index contributed by atoms with van der Waals surface area (Å²) in [4.78, 5) is 2.52. The molecule has 1 fully saturated rings. The molecule has 2 aliphatic heterocycles. The topological polar surface area (TPSA) is 15.3 Å². The summed E-state index contributed by atoms with van der Waals surface area (Å²) in [6.45, 7) is 2.30. The zero-order chi connectivity index (χ0) is 10.4. The molecular weight excluding hydrogens is 320 g/mol. The van der Waals surface area contributed by atoms with Crippen molar-refractivity contribution in [1.29, 1.82) is 0 Å². The first-order chi connectivity index (χ1) is 7.24. The van der Waals surface area contributed by atoms with Crippen molar-refractivity contribution in [1.82, 2.24) is 4.90 Å². The quantitative estimate of drug-likeness (QED) is 0.782. The Hall–Kier alpha value is -0.0600. The first-order valence-electron chi connectivity index (χ1n) is 5.22. The number of nitrogens with zero attached hydrogens (tertiary/aromatic N) is 1. The second-order valence-corrected chi connectivity index (χ2v) is 5.96. The molecule has 1 N–H and O–H groups in total. The highest BCUT2D eigenvalue weighted by atomic mass is 79.9. The Morgan fingerprint density at radius 1 is 1.33 bits per heavy atom. The molecule has 0 aromatic heterocycles. The first-order valence-corrected chi connectivity index (χ1v) is 6.81. The third-order valence-electron chi connectivity index (χ3n) is 3.18. The van der Waals surface area contributed by atoms with Gasteiger partial charge in [-0.05, 0) is 46.5 Å². The predicted octanol–water partition coefficient (Wildman–Crippen LogP) is 3.56. The van der Waals surface area contributed by atoms with Crippen LogP contribution in [-0.4, -0.2) is 17.6 Å². The summed E-state index contributed by atoms with van der Waals surface area (Å²) < 4.78 is 2.31. The molecule has 0 radical (unpaired) electrons. The van der Waals surface area contributed by atoms with E-state index in [1.165, 1.54) is 35.1 Å². The van der Waals surface area contributed by atoms with E-state index in [9.17, 15) is 0 Å². The molecule has 0 saturated carbocycles. The molecular formula is C11H12Br2N2. The molecule has 1 atom stereocenters. The molecule has 1 aromatic rings. The molecule has 1 saturated heterocycles. The SMILES string of the molecule is Brc1cc(Br)c2c(c1)CN1CCCC1N2. The lowest BCUT2D eigenvalue weighted by atomic mass is 10.1. The van der Waals surface area contributed by atoms with Gasteiger partial charge < -0.3 is 5.32 Å². The van der Waals surface area contributed by atoms with Gasteiger partial charge in [0.15, 0.2) is 0 Å². The number of anilines is 1. The van der Waals surface area contributed by atoms with Crippen molar-refractivity contribution >= 4 is 37.5 Å². The second kappa shape index (κ2) is 3.75. The van der Waals surface area contributed by atoms with Gasteiger partial charge in [0.25, 0.3) is 0 Å². The Bertz CT molecular complexity index is 406. The van der Waals surface area contributed by atoms with Gasteiger partial charge in [-0.25, -0.2) is 0 Å². The summed E-state index contributed by atoms with van der Waals surface area (Å²) in [6.07, 6.45) is 3.13. The van der Waals surface area contributed by atoms with Crippen LogP contribution >= 0.6 is 31.9 Å². The van der Waals surface area contributed by atoms with Crippen LogP contribution in [0.15, 0.2) is 21.1 Å². The lowest BCUT2D eigenvalue weighted by molar-refractivity contribution is 0.256. The molecule has 1 aromatic carbocycles. The van der Waals surface area contributed by atoms with E-state index in [1.807, 2.05) is 0 Å². The average Bonchev–Trinajstić information content (AvgIpc) is 2.61. The summed E-state index contributed by atoms with van der Waals surface area (Å²) in [5.41, 5.74) is 2.66. The molecule has 3 rings (SSSR count). The van der Waals surface area contributed by atoms with Crippen molar-refractivity contribution in [2.75, 3.05) is 11.9 Å². The number of halogens is 2. The Morgan fingerprint density at radius 3 is 3.07 bits per heavy atom. The minimum Gasteiger partial charge on any atom is -0.368 e. The van der Waals surface area contributed by atoms with Gasteiger partial charge in [-0.2, -0.15) is 0 Å². The fraction of sp³-hybridized carbons (Fsp3) is 0.455. The van der Waals surface area contributed by atoms with Crippen molar-refractivity contribution in [2.24, 2.45) is 0 Å². The monoisotopic (exact) mass is 330 g/mol. The Balaban J connectivity index is 2.03. The molecule has 2 nitrogen and oxygen atoms in total. The maximum atomic E-state index is 3.62. The van der Waals surface area contributed by atoms with E-state index in [0.29, 0.717) is 6.17 Å². The van der Waals surface area contributed by atoms with E-state index < -0.39 is 0 Å². The van der Waals surface area contributed by atoms with Crippen molar-refractivity contribution in [3.63, 3.8) is 0 Å². The molecule has 2 aliphatic rings. The molecule has 1 unspecified atom stereocenters. The van der Waals surface area contributed by atoms with Crippen LogP contribution in [0.4, 0.5) is 5.69 Å². The minimum atomic E-state index is 0.551. The first kappa shape index (κ1) is 10.1. The highest BCUT2D eigenvalue weighted by Crippen LogP contribution is 2.37. The Morgan fingerprint density at radius 2 is 2.20 bits per heavy atom. The third-order valence-corrected chi connectivity index (χ3v) is 4.27. The Labute approximate surface area is 106 Å². The van der Waals surface area contributed by atoms with Crippen molar-refractivity contribution < 1.29 is 0 Å². The van der Waals surface area contributed by atoms with E-state index in [-0.39, 0.29) is 0 Å².